The second-order valence-electron chi connectivity index (χ2n) is 3.39. The van der Waals surface area contributed by atoms with Crippen LogP contribution in [0.1, 0.15) is 17.5 Å². The van der Waals surface area contributed by atoms with E-state index in [1.54, 1.807) is 7.11 Å². The molecule has 2 N–H and O–H groups in total. The van der Waals surface area contributed by atoms with Gasteiger partial charge in [0.25, 0.3) is 0 Å². The highest BCUT2D eigenvalue weighted by Crippen LogP contribution is 2.33. The zero-order chi connectivity index (χ0) is 11.4. The Morgan fingerprint density at radius 1 is 1.53 bits per heavy atom. The van der Waals surface area contributed by atoms with Crippen LogP contribution >= 0.6 is 15.9 Å². The van der Waals surface area contributed by atoms with Crippen LogP contribution in [0.3, 0.4) is 0 Å². The molecule has 0 aliphatic rings. The first-order valence-electron chi connectivity index (χ1n) is 4.83. The number of rotatable bonds is 4. The number of ether oxygens (including phenoxy) is 1. The average Bonchev–Trinajstić information content (AvgIpc) is 2.21. The highest BCUT2D eigenvalue weighted by atomic mass is 79.9. The summed E-state index contributed by atoms with van der Waals surface area (Å²) in [4.78, 5) is 0. The van der Waals surface area contributed by atoms with E-state index in [0.717, 1.165) is 29.7 Å². The number of methoxy groups -OCH3 is 1. The SMILES string of the molecule is COc1c(C)cc(F)c(Br)c1CCCN. The molecule has 0 radical (unpaired) electrons. The second kappa shape index (κ2) is 5.47. The van der Waals surface area contributed by atoms with Gasteiger partial charge in [0.15, 0.2) is 0 Å². The van der Waals surface area contributed by atoms with E-state index in [2.05, 4.69) is 15.9 Å². The zero-order valence-electron chi connectivity index (χ0n) is 8.94. The van der Waals surface area contributed by atoms with Crippen molar-refractivity contribution in [3.63, 3.8) is 0 Å². The lowest BCUT2D eigenvalue weighted by Crippen LogP contribution is -2.04. The van der Waals surface area contributed by atoms with Crippen LogP contribution in [-0.4, -0.2) is 13.7 Å². The third-order valence-electron chi connectivity index (χ3n) is 2.29. The summed E-state index contributed by atoms with van der Waals surface area (Å²) in [6, 6.07) is 1.47. The minimum absolute atomic E-state index is 0.250. The summed E-state index contributed by atoms with van der Waals surface area (Å²) < 4.78 is 19.2. The number of hydrogen-bond acceptors (Lipinski definition) is 2. The molecular weight excluding hydrogens is 261 g/mol. The van der Waals surface area contributed by atoms with Crippen LogP contribution in [0.25, 0.3) is 0 Å². The van der Waals surface area contributed by atoms with Crippen LogP contribution in [0.4, 0.5) is 4.39 Å². The van der Waals surface area contributed by atoms with Crippen molar-refractivity contribution in [3.8, 4) is 5.75 Å². The molecule has 0 aromatic heterocycles. The van der Waals surface area contributed by atoms with Crippen LogP contribution in [0.2, 0.25) is 0 Å². The maximum absolute atomic E-state index is 13.4. The van der Waals surface area contributed by atoms with Gasteiger partial charge < -0.3 is 10.5 Å². The predicted octanol–water partition coefficient (Wildman–Crippen LogP) is 2.80. The fraction of sp³-hybridized carbons (Fsp3) is 0.455. The number of hydrogen-bond donors (Lipinski definition) is 1. The van der Waals surface area contributed by atoms with Gasteiger partial charge in [-0.25, -0.2) is 4.39 Å². The Hall–Kier alpha value is -0.610. The molecule has 15 heavy (non-hydrogen) atoms. The first-order valence-corrected chi connectivity index (χ1v) is 5.62. The Morgan fingerprint density at radius 2 is 2.20 bits per heavy atom. The van der Waals surface area contributed by atoms with Crippen molar-refractivity contribution >= 4 is 15.9 Å². The quantitative estimate of drug-likeness (QED) is 0.917. The lowest BCUT2D eigenvalue weighted by molar-refractivity contribution is 0.404. The molecule has 0 saturated carbocycles. The zero-order valence-corrected chi connectivity index (χ0v) is 10.5. The van der Waals surface area contributed by atoms with E-state index >= 15 is 0 Å². The van der Waals surface area contributed by atoms with Gasteiger partial charge in [0, 0.05) is 5.56 Å². The first-order chi connectivity index (χ1) is 7.11. The van der Waals surface area contributed by atoms with E-state index in [9.17, 15) is 4.39 Å². The molecule has 0 fully saturated rings. The fourth-order valence-electron chi connectivity index (χ4n) is 1.59. The molecule has 0 bridgehead atoms. The van der Waals surface area contributed by atoms with Gasteiger partial charge in [-0.05, 0) is 53.9 Å². The van der Waals surface area contributed by atoms with Gasteiger partial charge in [0.2, 0.25) is 0 Å². The van der Waals surface area contributed by atoms with E-state index in [-0.39, 0.29) is 5.82 Å². The number of halogens is 2. The highest BCUT2D eigenvalue weighted by molar-refractivity contribution is 9.10. The Kier molecular flexibility index (Phi) is 4.54. The predicted molar refractivity (Wildman–Crippen MR) is 62.8 cm³/mol. The molecule has 1 aromatic rings. The maximum atomic E-state index is 13.4. The largest absolute Gasteiger partial charge is 0.496 e. The Morgan fingerprint density at radius 3 is 2.73 bits per heavy atom. The van der Waals surface area contributed by atoms with E-state index in [0.29, 0.717) is 11.0 Å². The van der Waals surface area contributed by atoms with Crippen LogP contribution in [-0.2, 0) is 6.42 Å². The average molecular weight is 276 g/mol. The molecule has 0 spiro atoms. The lowest BCUT2D eigenvalue weighted by Gasteiger charge is -2.13. The molecule has 0 saturated heterocycles. The summed E-state index contributed by atoms with van der Waals surface area (Å²) in [5.41, 5.74) is 7.12. The van der Waals surface area contributed by atoms with Crippen molar-refractivity contribution in [1.29, 1.82) is 0 Å². The Labute approximate surface area is 97.7 Å². The molecule has 0 atom stereocenters. The molecule has 84 valence electrons. The van der Waals surface area contributed by atoms with Crippen molar-refractivity contribution in [1.82, 2.24) is 0 Å². The summed E-state index contributed by atoms with van der Waals surface area (Å²) in [5, 5.41) is 0. The second-order valence-corrected chi connectivity index (χ2v) is 4.19. The third-order valence-corrected chi connectivity index (χ3v) is 3.14. The molecule has 1 aromatic carbocycles. The van der Waals surface area contributed by atoms with Gasteiger partial charge in [0.05, 0.1) is 11.6 Å². The summed E-state index contributed by atoms with van der Waals surface area (Å²) in [5.74, 6) is 0.497. The normalized spacial score (nSPS) is 10.5. The van der Waals surface area contributed by atoms with Crippen molar-refractivity contribution in [2.75, 3.05) is 13.7 Å². The monoisotopic (exact) mass is 275 g/mol. The van der Waals surface area contributed by atoms with Crippen molar-refractivity contribution in [3.05, 3.63) is 27.5 Å². The van der Waals surface area contributed by atoms with Crippen LogP contribution in [0, 0.1) is 12.7 Å². The van der Waals surface area contributed by atoms with Crippen LogP contribution in [0.5, 0.6) is 5.75 Å². The van der Waals surface area contributed by atoms with Crippen molar-refractivity contribution in [2.24, 2.45) is 5.73 Å². The topological polar surface area (TPSA) is 35.2 Å². The summed E-state index contributed by atoms with van der Waals surface area (Å²) in [7, 11) is 1.60. The molecule has 0 aliphatic heterocycles. The minimum Gasteiger partial charge on any atom is -0.496 e. The van der Waals surface area contributed by atoms with E-state index in [1.165, 1.54) is 6.07 Å². The molecule has 1 rings (SSSR count). The number of nitrogens with two attached hydrogens (primary N) is 1. The minimum atomic E-state index is -0.250. The number of aryl methyl sites for hydroxylation is 1. The third kappa shape index (κ3) is 2.69. The van der Waals surface area contributed by atoms with Gasteiger partial charge in [-0.2, -0.15) is 0 Å². The first kappa shape index (κ1) is 12.5. The molecule has 2 nitrogen and oxygen atoms in total. The highest BCUT2D eigenvalue weighted by Gasteiger charge is 2.14. The molecule has 0 heterocycles. The molecule has 0 unspecified atom stereocenters. The number of benzene rings is 1. The van der Waals surface area contributed by atoms with Gasteiger partial charge in [-0.3, -0.25) is 0 Å². The fourth-order valence-corrected chi connectivity index (χ4v) is 2.08. The van der Waals surface area contributed by atoms with Gasteiger partial charge >= 0.3 is 0 Å². The van der Waals surface area contributed by atoms with Crippen LogP contribution < -0.4 is 10.5 Å². The summed E-state index contributed by atoms with van der Waals surface area (Å²) in [6.07, 6.45) is 1.54. The van der Waals surface area contributed by atoms with Crippen molar-refractivity contribution in [2.45, 2.75) is 19.8 Å². The van der Waals surface area contributed by atoms with E-state index in [1.807, 2.05) is 6.92 Å². The van der Waals surface area contributed by atoms with Gasteiger partial charge in [0.1, 0.15) is 11.6 Å². The molecular formula is C11H15BrFNO. The van der Waals surface area contributed by atoms with Crippen molar-refractivity contribution < 1.29 is 9.13 Å². The summed E-state index contributed by atoms with van der Waals surface area (Å²) >= 11 is 3.24. The Balaban J connectivity index is 3.18. The van der Waals surface area contributed by atoms with Gasteiger partial charge in [-0.15, -0.1) is 0 Å². The smallest absolute Gasteiger partial charge is 0.138 e. The van der Waals surface area contributed by atoms with Crippen LogP contribution in [0.15, 0.2) is 10.5 Å². The van der Waals surface area contributed by atoms with Gasteiger partial charge in [-0.1, -0.05) is 0 Å². The lowest BCUT2D eigenvalue weighted by atomic mass is 10.0. The molecule has 0 aliphatic carbocycles. The Bertz CT molecular complexity index is 355. The van der Waals surface area contributed by atoms with E-state index in [4.69, 9.17) is 10.5 Å². The standard InChI is InChI=1S/C11H15BrFNO/c1-7-6-9(13)10(12)8(4-3-5-14)11(7)15-2/h6H,3-5,14H2,1-2H3. The summed E-state index contributed by atoms with van der Waals surface area (Å²) in [6.45, 7) is 2.42. The molecule has 4 heteroatoms. The van der Waals surface area contributed by atoms with E-state index < -0.39 is 0 Å². The molecule has 0 amide bonds. The maximum Gasteiger partial charge on any atom is 0.138 e.